The van der Waals surface area contributed by atoms with Crippen LogP contribution in [0, 0.1) is 6.92 Å². The zero-order valence-corrected chi connectivity index (χ0v) is 12.4. The molecule has 106 valence electrons. The van der Waals surface area contributed by atoms with Crippen LogP contribution in [-0.2, 0) is 10.0 Å². The Kier molecular flexibility index (Phi) is 4.52. The minimum atomic E-state index is -3.56. The van der Waals surface area contributed by atoms with Crippen molar-refractivity contribution < 1.29 is 13.2 Å². The summed E-state index contributed by atoms with van der Waals surface area (Å²) < 4.78 is 31.2. The first-order valence-electron chi connectivity index (χ1n) is 5.90. The molecule has 0 saturated heterocycles. The van der Waals surface area contributed by atoms with Gasteiger partial charge in [-0.15, -0.1) is 11.6 Å². The maximum Gasteiger partial charge on any atom is 0.246 e. The Bertz CT molecular complexity index is 701. The molecule has 0 aliphatic heterocycles. The van der Waals surface area contributed by atoms with Crippen LogP contribution >= 0.6 is 11.6 Å². The maximum absolute atomic E-state index is 11.5. The Balaban J connectivity index is 2.29. The van der Waals surface area contributed by atoms with E-state index in [9.17, 15) is 8.42 Å². The lowest BCUT2D eigenvalue weighted by atomic mass is 10.2. The van der Waals surface area contributed by atoms with Crippen molar-refractivity contribution in [3.8, 4) is 11.5 Å². The van der Waals surface area contributed by atoms with Gasteiger partial charge >= 0.3 is 0 Å². The minimum Gasteiger partial charge on any atom is -0.455 e. The highest BCUT2D eigenvalue weighted by molar-refractivity contribution is 7.93. The smallest absolute Gasteiger partial charge is 0.246 e. The largest absolute Gasteiger partial charge is 0.455 e. The summed E-state index contributed by atoms with van der Waals surface area (Å²) in [4.78, 5) is 0. The van der Waals surface area contributed by atoms with Gasteiger partial charge in [-0.25, -0.2) is 8.42 Å². The van der Waals surface area contributed by atoms with E-state index in [1.165, 1.54) is 0 Å². The van der Waals surface area contributed by atoms with Crippen LogP contribution in [0.15, 0.2) is 48.5 Å². The summed E-state index contributed by atoms with van der Waals surface area (Å²) in [6, 6.07) is 14.3. The number of ether oxygens (including phenoxy) is 1. The van der Waals surface area contributed by atoms with Crippen molar-refractivity contribution in [2.75, 3.05) is 9.93 Å². The van der Waals surface area contributed by atoms with Gasteiger partial charge in [-0.3, -0.25) is 4.72 Å². The van der Waals surface area contributed by atoms with E-state index in [1.54, 1.807) is 30.3 Å². The summed E-state index contributed by atoms with van der Waals surface area (Å²) in [6.07, 6.45) is 0. The number of hydrogen-bond acceptors (Lipinski definition) is 3. The Morgan fingerprint density at radius 3 is 2.60 bits per heavy atom. The topological polar surface area (TPSA) is 55.4 Å². The molecule has 4 nitrogen and oxygen atoms in total. The summed E-state index contributed by atoms with van der Waals surface area (Å²) in [7, 11) is -3.56. The third-order valence-electron chi connectivity index (χ3n) is 2.51. The first-order valence-corrected chi connectivity index (χ1v) is 8.09. The molecule has 0 atom stereocenters. The lowest BCUT2D eigenvalue weighted by Crippen LogP contribution is -2.13. The van der Waals surface area contributed by atoms with Crippen LogP contribution in [0.1, 0.15) is 5.56 Å². The molecule has 20 heavy (non-hydrogen) atoms. The van der Waals surface area contributed by atoms with Crippen molar-refractivity contribution in [1.29, 1.82) is 0 Å². The van der Waals surface area contributed by atoms with Gasteiger partial charge in [0.05, 0.1) is 5.69 Å². The zero-order chi connectivity index (χ0) is 14.6. The highest BCUT2D eigenvalue weighted by atomic mass is 35.5. The first kappa shape index (κ1) is 14.7. The standard InChI is InChI=1S/C14H14ClNO3S/c1-11-5-4-6-12(9-11)19-14-8-3-2-7-13(14)16-20(17,18)10-15/h2-9,16H,10H2,1H3. The molecule has 0 unspecified atom stereocenters. The fourth-order valence-electron chi connectivity index (χ4n) is 1.64. The number of alkyl halides is 1. The summed E-state index contributed by atoms with van der Waals surface area (Å²) in [5.41, 5.74) is 1.41. The Morgan fingerprint density at radius 1 is 1.15 bits per heavy atom. The number of anilines is 1. The van der Waals surface area contributed by atoms with Crippen LogP contribution < -0.4 is 9.46 Å². The third kappa shape index (κ3) is 3.88. The highest BCUT2D eigenvalue weighted by Gasteiger charge is 2.12. The van der Waals surface area contributed by atoms with Crippen molar-refractivity contribution in [1.82, 2.24) is 0 Å². The second-order valence-electron chi connectivity index (χ2n) is 4.24. The summed E-state index contributed by atoms with van der Waals surface area (Å²) in [5.74, 6) is 1.06. The van der Waals surface area contributed by atoms with Gasteiger partial charge in [-0.05, 0) is 36.8 Å². The molecule has 6 heteroatoms. The predicted molar refractivity (Wildman–Crippen MR) is 81.0 cm³/mol. The molecule has 0 fully saturated rings. The van der Waals surface area contributed by atoms with Crippen LogP contribution in [0.4, 0.5) is 5.69 Å². The van der Waals surface area contributed by atoms with E-state index in [2.05, 4.69) is 4.72 Å². The van der Waals surface area contributed by atoms with Gasteiger partial charge in [-0.2, -0.15) is 0 Å². The molecule has 0 bridgehead atoms. The number of nitrogens with one attached hydrogen (secondary N) is 1. The van der Waals surface area contributed by atoms with Crippen LogP contribution in [0.2, 0.25) is 0 Å². The molecule has 2 aromatic carbocycles. The van der Waals surface area contributed by atoms with Gasteiger partial charge in [0.25, 0.3) is 0 Å². The average Bonchev–Trinajstić information content (AvgIpc) is 2.41. The summed E-state index contributed by atoms with van der Waals surface area (Å²) >= 11 is 5.39. The molecular formula is C14H14ClNO3S. The van der Waals surface area contributed by atoms with Gasteiger partial charge in [0.2, 0.25) is 10.0 Å². The van der Waals surface area contributed by atoms with E-state index >= 15 is 0 Å². The van der Waals surface area contributed by atoms with Crippen LogP contribution in [0.5, 0.6) is 11.5 Å². The molecule has 2 aromatic rings. The van der Waals surface area contributed by atoms with Crippen molar-refractivity contribution in [2.45, 2.75) is 6.92 Å². The van der Waals surface area contributed by atoms with Crippen LogP contribution in [0.25, 0.3) is 0 Å². The van der Waals surface area contributed by atoms with E-state index in [-0.39, 0.29) is 0 Å². The predicted octanol–water partition coefficient (Wildman–Crippen LogP) is 3.73. The molecule has 0 aliphatic carbocycles. The molecule has 0 aliphatic rings. The zero-order valence-electron chi connectivity index (χ0n) is 10.8. The monoisotopic (exact) mass is 311 g/mol. The van der Waals surface area contributed by atoms with E-state index in [1.807, 2.05) is 25.1 Å². The van der Waals surface area contributed by atoms with Crippen LogP contribution in [0.3, 0.4) is 0 Å². The Hall–Kier alpha value is -1.72. The van der Waals surface area contributed by atoms with Crippen molar-refractivity contribution in [2.24, 2.45) is 0 Å². The number of halogens is 1. The molecule has 0 aromatic heterocycles. The number of benzene rings is 2. The van der Waals surface area contributed by atoms with E-state index in [0.29, 0.717) is 17.2 Å². The molecule has 2 rings (SSSR count). The molecular weight excluding hydrogens is 298 g/mol. The molecule has 0 spiro atoms. The van der Waals surface area contributed by atoms with Crippen molar-refractivity contribution in [3.05, 3.63) is 54.1 Å². The van der Waals surface area contributed by atoms with Gasteiger partial charge in [-0.1, -0.05) is 24.3 Å². The first-order chi connectivity index (χ1) is 9.50. The van der Waals surface area contributed by atoms with Crippen molar-refractivity contribution >= 4 is 27.3 Å². The fourth-order valence-corrected chi connectivity index (χ4v) is 2.36. The molecule has 0 radical (unpaired) electrons. The van der Waals surface area contributed by atoms with Gasteiger partial charge in [0, 0.05) is 0 Å². The molecule has 0 heterocycles. The van der Waals surface area contributed by atoms with E-state index < -0.39 is 15.2 Å². The van der Waals surface area contributed by atoms with Gasteiger partial charge < -0.3 is 4.74 Å². The molecule has 0 saturated carbocycles. The second-order valence-corrected chi connectivity index (χ2v) is 6.55. The van der Waals surface area contributed by atoms with E-state index in [0.717, 1.165) is 5.56 Å². The quantitative estimate of drug-likeness (QED) is 0.856. The van der Waals surface area contributed by atoms with Gasteiger partial charge in [0.15, 0.2) is 5.75 Å². The molecule has 0 amide bonds. The average molecular weight is 312 g/mol. The second kappa shape index (κ2) is 6.15. The van der Waals surface area contributed by atoms with Gasteiger partial charge in [0.1, 0.15) is 11.0 Å². The lowest BCUT2D eigenvalue weighted by molar-refractivity contribution is 0.484. The maximum atomic E-state index is 11.5. The Morgan fingerprint density at radius 2 is 1.90 bits per heavy atom. The van der Waals surface area contributed by atoms with Crippen molar-refractivity contribution in [3.63, 3.8) is 0 Å². The molecule has 1 N–H and O–H groups in total. The number of hydrogen-bond donors (Lipinski definition) is 1. The van der Waals surface area contributed by atoms with E-state index in [4.69, 9.17) is 16.3 Å². The number of rotatable bonds is 5. The number of para-hydroxylation sites is 2. The van der Waals surface area contributed by atoms with Crippen LogP contribution in [-0.4, -0.2) is 13.6 Å². The minimum absolute atomic E-state index is 0.356. The summed E-state index contributed by atoms with van der Waals surface area (Å²) in [6.45, 7) is 1.95. The highest BCUT2D eigenvalue weighted by Crippen LogP contribution is 2.30. The summed E-state index contributed by atoms with van der Waals surface area (Å²) in [5, 5.41) is -0.508. The lowest BCUT2D eigenvalue weighted by Gasteiger charge is -2.12. The number of sulfonamides is 1. The fraction of sp³-hybridized carbons (Fsp3) is 0.143. The number of aryl methyl sites for hydroxylation is 1. The third-order valence-corrected chi connectivity index (χ3v) is 4.19. The SMILES string of the molecule is Cc1cccc(Oc2ccccc2NS(=O)(=O)CCl)c1. The Labute approximate surface area is 123 Å². The normalized spacial score (nSPS) is 11.1.